The summed E-state index contributed by atoms with van der Waals surface area (Å²) < 4.78 is 13.6. The molecule has 0 aliphatic carbocycles. The Balaban J connectivity index is 1.94. The highest BCUT2D eigenvalue weighted by molar-refractivity contribution is 8.00. The summed E-state index contributed by atoms with van der Waals surface area (Å²) in [4.78, 5) is 12.3. The maximum Gasteiger partial charge on any atom is 0.234 e. The molecular weight excluding hydrogens is 275 g/mol. The fourth-order valence-corrected chi connectivity index (χ4v) is 2.40. The van der Waals surface area contributed by atoms with Crippen molar-refractivity contribution in [1.82, 2.24) is 0 Å². The summed E-state index contributed by atoms with van der Waals surface area (Å²) in [7, 11) is 0. The van der Waals surface area contributed by atoms with Crippen molar-refractivity contribution in [3.63, 3.8) is 0 Å². The smallest absolute Gasteiger partial charge is 0.234 e. The van der Waals surface area contributed by atoms with Gasteiger partial charge in [0.2, 0.25) is 5.91 Å². The number of anilines is 2. The van der Waals surface area contributed by atoms with E-state index in [1.54, 1.807) is 12.1 Å². The number of nitrogens with one attached hydrogen (secondary N) is 1. The number of halogens is 1. The van der Waals surface area contributed by atoms with Crippen LogP contribution in [-0.2, 0) is 4.79 Å². The van der Waals surface area contributed by atoms with Crippen molar-refractivity contribution in [3.8, 4) is 0 Å². The number of hydrogen-bond acceptors (Lipinski definition) is 3. The third kappa shape index (κ3) is 3.74. The topological polar surface area (TPSA) is 55.1 Å². The minimum atomic E-state index is -0.404. The zero-order valence-electron chi connectivity index (χ0n) is 11.0. The van der Waals surface area contributed by atoms with Gasteiger partial charge in [-0.2, -0.15) is 0 Å². The fraction of sp³-hybridized carbons (Fsp3) is 0.133. The largest absolute Gasteiger partial charge is 0.399 e. The summed E-state index contributed by atoms with van der Waals surface area (Å²) in [6.07, 6.45) is 0. The van der Waals surface area contributed by atoms with Crippen LogP contribution in [0.5, 0.6) is 0 Å². The van der Waals surface area contributed by atoms with Crippen LogP contribution in [-0.4, -0.2) is 11.7 Å². The first-order valence-electron chi connectivity index (χ1n) is 6.09. The Morgan fingerprint density at radius 2 is 2.05 bits per heavy atom. The van der Waals surface area contributed by atoms with Gasteiger partial charge in [0.1, 0.15) is 5.82 Å². The molecule has 0 fully saturated rings. The molecule has 0 heterocycles. The average Bonchev–Trinajstić information content (AvgIpc) is 2.40. The van der Waals surface area contributed by atoms with Gasteiger partial charge in [0.25, 0.3) is 0 Å². The van der Waals surface area contributed by atoms with Crippen LogP contribution in [0, 0.1) is 12.7 Å². The number of aryl methyl sites for hydroxylation is 1. The highest BCUT2D eigenvalue weighted by atomic mass is 32.2. The standard InChI is InChI=1S/C15H15FN2OS/c1-10-4-2-3-5-13(10)18-15(19)9-20-14-7-6-11(17)8-12(14)16/h2-8H,9,17H2,1H3,(H,18,19). The Kier molecular flexibility index (Phi) is 4.63. The normalized spacial score (nSPS) is 10.3. The summed E-state index contributed by atoms with van der Waals surface area (Å²) in [5.41, 5.74) is 7.61. The lowest BCUT2D eigenvalue weighted by Crippen LogP contribution is -2.14. The lowest BCUT2D eigenvalue weighted by molar-refractivity contribution is -0.113. The minimum absolute atomic E-state index is 0.148. The van der Waals surface area contributed by atoms with Crippen LogP contribution in [0.25, 0.3) is 0 Å². The van der Waals surface area contributed by atoms with Crippen molar-refractivity contribution in [1.29, 1.82) is 0 Å². The lowest BCUT2D eigenvalue weighted by atomic mass is 10.2. The molecule has 3 N–H and O–H groups in total. The molecule has 0 aliphatic heterocycles. The van der Waals surface area contributed by atoms with E-state index in [0.717, 1.165) is 23.0 Å². The molecule has 1 amide bonds. The predicted molar refractivity (Wildman–Crippen MR) is 81.3 cm³/mol. The molecule has 0 radical (unpaired) electrons. The molecule has 0 saturated heterocycles. The van der Waals surface area contributed by atoms with Gasteiger partial charge < -0.3 is 11.1 Å². The summed E-state index contributed by atoms with van der Waals surface area (Å²) >= 11 is 1.15. The van der Waals surface area contributed by atoms with Crippen LogP contribution in [0.15, 0.2) is 47.4 Å². The number of nitrogens with two attached hydrogens (primary N) is 1. The highest BCUT2D eigenvalue weighted by Crippen LogP contribution is 2.23. The molecule has 2 rings (SSSR count). The molecule has 20 heavy (non-hydrogen) atoms. The van der Waals surface area contributed by atoms with Gasteiger partial charge in [0.05, 0.1) is 5.75 Å². The number of para-hydroxylation sites is 1. The SMILES string of the molecule is Cc1ccccc1NC(=O)CSc1ccc(N)cc1F. The first kappa shape index (κ1) is 14.4. The van der Waals surface area contributed by atoms with Crippen molar-refractivity contribution < 1.29 is 9.18 Å². The molecule has 0 unspecified atom stereocenters. The summed E-state index contributed by atoms with van der Waals surface area (Å²) in [6.45, 7) is 1.92. The van der Waals surface area contributed by atoms with Crippen molar-refractivity contribution in [2.45, 2.75) is 11.8 Å². The molecule has 104 valence electrons. The van der Waals surface area contributed by atoms with Gasteiger partial charge in [-0.25, -0.2) is 4.39 Å². The molecule has 0 aromatic heterocycles. The molecule has 0 saturated carbocycles. The van der Waals surface area contributed by atoms with Crippen molar-refractivity contribution in [2.75, 3.05) is 16.8 Å². The predicted octanol–water partition coefficient (Wildman–Crippen LogP) is 3.45. The van der Waals surface area contributed by atoms with Gasteiger partial charge in [0, 0.05) is 16.3 Å². The quantitative estimate of drug-likeness (QED) is 0.670. The van der Waals surface area contributed by atoms with Gasteiger partial charge in [-0.3, -0.25) is 4.79 Å². The van der Waals surface area contributed by atoms with Crippen molar-refractivity contribution in [3.05, 3.63) is 53.8 Å². The number of hydrogen-bond donors (Lipinski definition) is 2. The van der Waals surface area contributed by atoms with E-state index in [1.165, 1.54) is 6.07 Å². The molecule has 2 aromatic carbocycles. The van der Waals surface area contributed by atoms with Gasteiger partial charge in [-0.05, 0) is 36.8 Å². The average molecular weight is 290 g/mol. The Morgan fingerprint density at radius 1 is 1.30 bits per heavy atom. The first-order chi connectivity index (χ1) is 9.56. The van der Waals surface area contributed by atoms with Crippen LogP contribution in [0.3, 0.4) is 0 Å². The first-order valence-corrected chi connectivity index (χ1v) is 7.08. The number of carbonyl (C=O) groups is 1. The number of benzene rings is 2. The minimum Gasteiger partial charge on any atom is -0.399 e. The zero-order valence-corrected chi connectivity index (χ0v) is 11.8. The van der Waals surface area contributed by atoms with E-state index in [0.29, 0.717) is 10.6 Å². The van der Waals surface area contributed by atoms with E-state index >= 15 is 0 Å². The van der Waals surface area contributed by atoms with E-state index in [2.05, 4.69) is 5.32 Å². The number of amides is 1. The van der Waals surface area contributed by atoms with Crippen LogP contribution >= 0.6 is 11.8 Å². The molecular formula is C15H15FN2OS. The second-order valence-corrected chi connectivity index (χ2v) is 5.36. The summed E-state index contributed by atoms with van der Waals surface area (Å²) in [6, 6.07) is 12.0. The van der Waals surface area contributed by atoms with E-state index in [1.807, 2.05) is 31.2 Å². The van der Waals surface area contributed by atoms with Crippen LogP contribution < -0.4 is 11.1 Å². The second kappa shape index (κ2) is 6.43. The number of carbonyl (C=O) groups excluding carboxylic acids is 1. The van der Waals surface area contributed by atoms with Gasteiger partial charge in [-0.1, -0.05) is 18.2 Å². The summed E-state index contributed by atoms with van der Waals surface area (Å²) in [5, 5.41) is 2.80. The van der Waals surface area contributed by atoms with E-state index in [9.17, 15) is 9.18 Å². The van der Waals surface area contributed by atoms with Crippen molar-refractivity contribution in [2.24, 2.45) is 0 Å². The Morgan fingerprint density at radius 3 is 2.75 bits per heavy atom. The maximum absolute atomic E-state index is 13.6. The third-order valence-corrected chi connectivity index (χ3v) is 3.78. The Labute approximate surface area is 121 Å². The molecule has 3 nitrogen and oxygen atoms in total. The Bertz CT molecular complexity index is 631. The van der Waals surface area contributed by atoms with E-state index in [-0.39, 0.29) is 11.7 Å². The number of rotatable bonds is 4. The zero-order chi connectivity index (χ0) is 14.5. The molecule has 2 aromatic rings. The maximum atomic E-state index is 13.6. The van der Waals surface area contributed by atoms with Gasteiger partial charge in [-0.15, -0.1) is 11.8 Å². The molecule has 0 spiro atoms. The number of nitrogen functional groups attached to an aromatic ring is 1. The van der Waals surface area contributed by atoms with Crippen LogP contribution in [0.4, 0.5) is 15.8 Å². The van der Waals surface area contributed by atoms with E-state index in [4.69, 9.17) is 5.73 Å². The summed E-state index contributed by atoms with van der Waals surface area (Å²) in [5.74, 6) is -0.422. The van der Waals surface area contributed by atoms with Gasteiger partial charge in [0.15, 0.2) is 0 Å². The van der Waals surface area contributed by atoms with Crippen LogP contribution in [0.2, 0.25) is 0 Å². The second-order valence-electron chi connectivity index (χ2n) is 4.34. The Hall–Kier alpha value is -2.01. The molecule has 0 bridgehead atoms. The lowest BCUT2D eigenvalue weighted by Gasteiger charge is -2.08. The van der Waals surface area contributed by atoms with Crippen molar-refractivity contribution >= 4 is 29.0 Å². The molecule has 5 heteroatoms. The van der Waals surface area contributed by atoms with Crippen LogP contribution in [0.1, 0.15) is 5.56 Å². The monoisotopic (exact) mass is 290 g/mol. The molecule has 0 atom stereocenters. The highest BCUT2D eigenvalue weighted by Gasteiger charge is 2.08. The molecule has 0 aliphatic rings. The fourth-order valence-electron chi connectivity index (χ4n) is 1.68. The third-order valence-electron chi connectivity index (χ3n) is 2.73. The number of thioether (sulfide) groups is 1. The van der Waals surface area contributed by atoms with E-state index < -0.39 is 5.82 Å². The van der Waals surface area contributed by atoms with Gasteiger partial charge >= 0.3 is 0 Å².